The SMILES string of the molecule is CCc1cc2c(N3CC4(CC(NC(=O)OC(C)(C)C)C4)C3)ncnc2s1. The average Bonchev–Trinajstić information content (AvgIpc) is 2.89. The van der Waals surface area contributed by atoms with Crippen LogP contribution in [0, 0.1) is 5.41 Å². The van der Waals surface area contributed by atoms with Crippen molar-refractivity contribution in [3.8, 4) is 0 Å². The molecule has 1 saturated heterocycles. The van der Waals surface area contributed by atoms with Crippen LogP contribution in [0.25, 0.3) is 10.2 Å². The Kier molecular flexibility index (Phi) is 4.10. The van der Waals surface area contributed by atoms with E-state index in [2.05, 4.69) is 33.2 Å². The molecular weight excluding hydrogens is 348 g/mol. The largest absolute Gasteiger partial charge is 0.444 e. The van der Waals surface area contributed by atoms with E-state index in [1.807, 2.05) is 20.8 Å². The van der Waals surface area contributed by atoms with E-state index in [1.54, 1.807) is 17.7 Å². The number of carbonyl (C=O) groups is 1. The third-order valence-electron chi connectivity index (χ3n) is 5.14. The second-order valence-corrected chi connectivity index (χ2v) is 9.71. The molecule has 6 nitrogen and oxygen atoms in total. The Balaban J connectivity index is 1.34. The molecule has 140 valence electrons. The predicted octanol–water partition coefficient (Wildman–Crippen LogP) is 3.75. The molecule has 26 heavy (non-hydrogen) atoms. The molecule has 1 spiro atoms. The number of carbonyl (C=O) groups excluding carboxylic acids is 1. The highest BCUT2D eigenvalue weighted by atomic mass is 32.1. The molecule has 2 fully saturated rings. The first-order valence-electron chi connectivity index (χ1n) is 9.25. The second kappa shape index (κ2) is 6.08. The van der Waals surface area contributed by atoms with Gasteiger partial charge in [0, 0.05) is 29.4 Å². The molecule has 1 aliphatic heterocycles. The van der Waals surface area contributed by atoms with Crippen molar-refractivity contribution in [1.82, 2.24) is 15.3 Å². The standard InChI is InChI=1S/C19H26N4O2S/c1-5-13-6-14-15(20-11-21-16(14)26-13)23-9-19(10-23)7-12(8-19)22-17(24)25-18(2,3)4/h6,11-12H,5,7-10H2,1-4H3,(H,22,24). The number of hydrogen-bond donors (Lipinski definition) is 1. The van der Waals surface area contributed by atoms with Crippen LogP contribution in [0.5, 0.6) is 0 Å². The van der Waals surface area contributed by atoms with Crippen LogP contribution in [-0.4, -0.2) is 40.8 Å². The van der Waals surface area contributed by atoms with E-state index in [-0.39, 0.29) is 12.1 Å². The lowest BCUT2D eigenvalue weighted by Gasteiger charge is -2.59. The number of anilines is 1. The number of fused-ring (bicyclic) bond motifs is 1. The van der Waals surface area contributed by atoms with Gasteiger partial charge in [0.1, 0.15) is 22.6 Å². The van der Waals surface area contributed by atoms with Gasteiger partial charge >= 0.3 is 6.09 Å². The molecule has 4 rings (SSSR count). The number of alkyl carbamates (subject to hydrolysis) is 1. The van der Waals surface area contributed by atoms with Crippen LogP contribution in [0.1, 0.15) is 45.4 Å². The van der Waals surface area contributed by atoms with E-state index in [1.165, 1.54) is 10.3 Å². The summed E-state index contributed by atoms with van der Waals surface area (Å²) >= 11 is 1.76. The molecule has 2 aliphatic rings. The fourth-order valence-electron chi connectivity index (χ4n) is 4.05. The minimum Gasteiger partial charge on any atom is -0.444 e. The van der Waals surface area contributed by atoms with Gasteiger partial charge in [-0.25, -0.2) is 14.8 Å². The van der Waals surface area contributed by atoms with Gasteiger partial charge in [-0.2, -0.15) is 0 Å². The quantitative estimate of drug-likeness (QED) is 0.886. The average molecular weight is 375 g/mol. The fourth-order valence-corrected chi connectivity index (χ4v) is 4.98. The number of nitrogens with zero attached hydrogens (tertiary/aromatic N) is 3. The van der Waals surface area contributed by atoms with E-state index >= 15 is 0 Å². The maximum atomic E-state index is 11.9. The molecule has 1 saturated carbocycles. The molecule has 2 aromatic rings. The molecule has 1 aliphatic carbocycles. The summed E-state index contributed by atoms with van der Waals surface area (Å²) < 4.78 is 5.34. The summed E-state index contributed by atoms with van der Waals surface area (Å²) in [5.74, 6) is 1.06. The molecule has 0 radical (unpaired) electrons. The number of rotatable bonds is 3. The van der Waals surface area contributed by atoms with Crippen molar-refractivity contribution in [2.45, 2.75) is 58.6 Å². The lowest BCUT2D eigenvalue weighted by atomic mass is 9.60. The summed E-state index contributed by atoms with van der Waals surface area (Å²) in [7, 11) is 0. The highest BCUT2D eigenvalue weighted by molar-refractivity contribution is 7.18. The number of ether oxygens (including phenoxy) is 1. The maximum absolute atomic E-state index is 11.9. The summed E-state index contributed by atoms with van der Waals surface area (Å²) in [4.78, 5) is 25.6. The minimum absolute atomic E-state index is 0.227. The first kappa shape index (κ1) is 17.5. The number of aromatic nitrogens is 2. The van der Waals surface area contributed by atoms with Gasteiger partial charge in [0.2, 0.25) is 0 Å². The normalized spacial score (nSPS) is 19.3. The minimum atomic E-state index is -0.449. The molecule has 0 bridgehead atoms. The maximum Gasteiger partial charge on any atom is 0.407 e. The summed E-state index contributed by atoms with van der Waals surface area (Å²) in [6.45, 7) is 9.83. The zero-order valence-corrected chi connectivity index (χ0v) is 16.7. The Bertz CT molecular complexity index is 828. The summed E-state index contributed by atoms with van der Waals surface area (Å²) in [6, 6.07) is 2.46. The summed E-state index contributed by atoms with van der Waals surface area (Å²) in [6.07, 6.45) is 4.42. The molecule has 3 heterocycles. The van der Waals surface area contributed by atoms with Gasteiger partial charge in [0.05, 0.1) is 5.39 Å². The van der Waals surface area contributed by atoms with Gasteiger partial charge in [-0.1, -0.05) is 6.92 Å². The molecule has 1 N–H and O–H groups in total. The van der Waals surface area contributed by atoms with Crippen LogP contribution in [-0.2, 0) is 11.2 Å². The first-order valence-corrected chi connectivity index (χ1v) is 10.1. The Morgan fingerprint density at radius 1 is 1.38 bits per heavy atom. The van der Waals surface area contributed by atoms with Crippen molar-refractivity contribution in [3.63, 3.8) is 0 Å². The fraction of sp³-hybridized carbons (Fsp3) is 0.632. The zero-order valence-electron chi connectivity index (χ0n) is 15.8. The van der Waals surface area contributed by atoms with E-state index in [0.717, 1.165) is 43.0 Å². The van der Waals surface area contributed by atoms with Crippen LogP contribution in [0.2, 0.25) is 0 Å². The molecule has 2 aromatic heterocycles. The monoisotopic (exact) mass is 374 g/mol. The van der Waals surface area contributed by atoms with Crippen LogP contribution >= 0.6 is 11.3 Å². The van der Waals surface area contributed by atoms with Gasteiger partial charge in [-0.15, -0.1) is 11.3 Å². The summed E-state index contributed by atoms with van der Waals surface area (Å²) in [5, 5.41) is 4.16. The van der Waals surface area contributed by atoms with E-state index in [9.17, 15) is 4.79 Å². The number of aryl methyl sites for hydroxylation is 1. The van der Waals surface area contributed by atoms with Crippen molar-refractivity contribution in [2.75, 3.05) is 18.0 Å². The lowest BCUT2D eigenvalue weighted by Crippen LogP contribution is -2.67. The van der Waals surface area contributed by atoms with Gasteiger partial charge < -0.3 is 15.0 Å². The van der Waals surface area contributed by atoms with E-state index in [4.69, 9.17) is 4.74 Å². The highest BCUT2D eigenvalue weighted by Gasteiger charge is 2.53. The Morgan fingerprint density at radius 2 is 2.12 bits per heavy atom. The van der Waals surface area contributed by atoms with Crippen molar-refractivity contribution >= 4 is 33.5 Å². The van der Waals surface area contributed by atoms with Crippen molar-refractivity contribution in [1.29, 1.82) is 0 Å². The van der Waals surface area contributed by atoms with Gasteiger partial charge in [-0.3, -0.25) is 0 Å². The Labute approximate surface area is 158 Å². The smallest absolute Gasteiger partial charge is 0.407 e. The zero-order chi connectivity index (χ0) is 18.5. The van der Waals surface area contributed by atoms with E-state index < -0.39 is 5.60 Å². The van der Waals surface area contributed by atoms with E-state index in [0.29, 0.717) is 5.41 Å². The van der Waals surface area contributed by atoms with Crippen LogP contribution in [0.15, 0.2) is 12.4 Å². The number of hydrogen-bond acceptors (Lipinski definition) is 6. The predicted molar refractivity (Wildman–Crippen MR) is 104 cm³/mol. The molecule has 0 aromatic carbocycles. The Morgan fingerprint density at radius 3 is 2.77 bits per heavy atom. The number of nitrogens with one attached hydrogen (secondary N) is 1. The summed E-state index contributed by atoms with van der Waals surface area (Å²) in [5.41, 5.74) is -0.129. The molecule has 7 heteroatoms. The number of thiophene rings is 1. The highest BCUT2D eigenvalue weighted by Crippen LogP contribution is 2.50. The van der Waals surface area contributed by atoms with Gasteiger partial charge in [-0.05, 0) is 46.1 Å². The molecule has 1 amide bonds. The first-order chi connectivity index (χ1) is 12.3. The third-order valence-corrected chi connectivity index (χ3v) is 6.33. The van der Waals surface area contributed by atoms with Crippen LogP contribution in [0.3, 0.4) is 0 Å². The third kappa shape index (κ3) is 3.24. The second-order valence-electron chi connectivity index (χ2n) is 8.59. The lowest BCUT2D eigenvalue weighted by molar-refractivity contribution is 0.0214. The Hall–Kier alpha value is -1.89. The number of amides is 1. The molecule has 0 atom stereocenters. The van der Waals surface area contributed by atoms with Crippen molar-refractivity contribution in [3.05, 3.63) is 17.3 Å². The van der Waals surface area contributed by atoms with Gasteiger partial charge in [0.15, 0.2) is 0 Å². The van der Waals surface area contributed by atoms with Crippen molar-refractivity contribution in [2.24, 2.45) is 5.41 Å². The van der Waals surface area contributed by atoms with Crippen LogP contribution in [0.4, 0.5) is 10.6 Å². The van der Waals surface area contributed by atoms with Gasteiger partial charge in [0.25, 0.3) is 0 Å². The van der Waals surface area contributed by atoms with Crippen molar-refractivity contribution < 1.29 is 9.53 Å². The molecular formula is C19H26N4O2S. The topological polar surface area (TPSA) is 67.4 Å². The molecule has 0 unspecified atom stereocenters. The van der Waals surface area contributed by atoms with Crippen LogP contribution < -0.4 is 10.2 Å².